The van der Waals surface area contributed by atoms with E-state index in [2.05, 4.69) is 0 Å². The first-order valence-electron chi connectivity index (χ1n) is 5.28. The van der Waals surface area contributed by atoms with Crippen LogP contribution in [0.25, 0.3) is 0 Å². The smallest absolute Gasteiger partial charge is 0.418 e. The van der Waals surface area contributed by atoms with Crippen LogP contribution in [0.3, 0.4) is 0 Å². The van der Waals surface area contributed by atoms with Gasteiger partial charge in [-0.25, -0.2) is 0 Å². The van der Waals surface area contributed by atoms with Crippen molar-refractivity contribution in [1.82, 2.24) is 0 Å². The highest BCUT2D eigenvalue weighted by atomic mass is 19.4. The molecule has 0 aromatic carbocycles. The Morgan fingerprint density at radius 3 is 2.06 bits per heavy atom. The maximum absolute atomic E-state index is 12.7. The summed E-state index contributed by atoms with van der Waals surface area (Å²) in [6.45, 7) is 0. The lowest BCUT2D eigenvalue weighted by Gasteiger charge is -2.38. The van der Waals surface area contributed by atoms with Crippen molar-refractivity contribution in [2.45, 2.75) is 50.3 Å². The molecule has 3 nitrogen and oxygen atoms in total. The minimum absolute atomic E-state index is 0.239. The maximum atomic E-state index is 12.7. The average molecular weight is 240 g/mol. The van der Waals surface area contributed by atoms with Gasteiger partial charge in [-0.3, -0.25) is 4.79 Å². The summed E-state index contributed by atoms with van der Waals surface area (Å²) in [5, 5.41) is 18.1. The molecule has 0 aromatic rings. The molecule has 0 spiro atoms. The number of hydrogen-bond donors (Lipinski definition) is 2. The van der Waals surface area contributed by atoms with Crippen molar-refractivity contribution in [3.63, 3.8) is 0 Å². The number of rotatable bonds is 3. The molecule has 1 aliphatic rings. The van der Waals surface area contributed by atoms with Gasteiger partial charge in [0, 0.05) is 0 Å². The number of carbonyl (C=O) groups is 1. The second-order valence-electron chi connectivity index (χ2n) is 4.33. The zero-order chi connectivity index (χ0) is 12.4. The van der Waals surface area contributed by atoms with Gasteiger partial charge in [-0.15, -0.1) is 0 Å². The van der Waals surface area contributed by atoms with E-state index in [1.54, 1.807) is 0 Å². The predicted octanol–water partition coefficient (Wildman–Crippen LogP) is 2.33. The van der Waals surface area contributed by atoms with E-state index in [9.17, 15) is 23.1 Å². The number of alkyl halides is 3. The van der Waals surface area contributed by atoms with Gasteiger partial charge in [-0.2, -0.15) is 13.2 Å². The zero-order valence-electron chi connectivity index (χ0n) is 8.76. The fourth-order valence-electron chi connectivity index (χ4n) is 2.29. The van der Waals surface area contributed by atoms with Gasteiger partial charge in [0.05, 0.1) is 6.42 Å². The molecule has 0 radical (unpaired) electrons. The second kappa shape index (κ2) is 4.61. The lowest BCUT2D eigenvalue weighted by Crippen LogP contribution is -2.53. The van der Waals surface area contributed by atoms with E-state index in [0.29, 0.717) is 12.8 Å². The summed E-state index contributed by atoms with van der Waals surface area (Å²) in [5.74, 6) is -2.61. The fraction of sp³-hybridized carbons (Fsp3) is 0.900. The molecule has 1 fully saturated rings. The van der Waals surface area contributed by atoms with E-state index < -0.39 is 30.1 Å². The third-order valence-corrected chi connectivity index (χ3v) is 3.19. The van der Waals surface area contributed by atoms with Crippen LogP contribution in [-0.2, 0) is 4.79 Å². The minimum atomic E-state index is -4.88. The number of aliphatic hydroxyl groups is 1. The highest BCUT2D eigenvalue weighted by molar-refractivity contribution is 5.68. The van der Waals surface area contributed by atoms with Crippen LogP contribution in [0, 0.1) is 5.92 Å². The molecule has 0 saturated heterocycles. The highest BCUT2D eigenvalue weighted by Crippen LogP contribution is 2.44. The monoisotopic (exact) mass is 240 g/mol. The van der Waals surface area contributed by atoms with Crippen molar-refractivity contribution in [3.8, 4) is 0 Å². The molecule has 0 amide bonds. The predicted molar refractivity (Wildman–Crippen MR) is 49.8 cm³/mol. The Morgan fingerprint density at radius 1 is 1.19 bits per heavy atom. The van der Waals surface area contributed by atoms with Crippen molar-refractivity contribution in [2.75, 3.05) is 0 Å². The molecular formula is C10H15F3O3. The van der Waals surface area contributed by atoms with Gasteiger partial charge in [0.25, 0.3) is 0 Å². The van der Waals surface area contributed by atoms with Gasteiger partial charge in [-0.1, -0.05) is 19.3 Å². The zero-order valence-corrected chi connectivity index (χ0v) is 8.76. The Kier molecular flexibility index (Phi) is 3.83. The number of carboxylic acid groups (broad SMARTS) is 1. The van der Waals surface area contributed by atoms with Crippen LogP contribution in [0.1, 0.15) is 38.5 Å². The third kappa shape index (κ3) is 2.66. The standard InChI is InChI=1S/C10H15F3O3/c11-10(12,13)9(16,6-8(14)15)7-4-2-1-3-5-7/h7,16H,1-6H2,(H,14,15). The van der Waals surface area contributed by atoms with E-state index in [1.165, 1.54) is 0 Å². The fourth-order valence-corrected chi connectivity index (χ4v) is 2.29. The molecule has 1 saturated carbocycles. The second-order valence-corrected chi connectivity index (χ2v) is 4.33. The van der Waals surface area contributed by atoms with Crippen molar-refractivity contribution >= 4 is 5.97 Å². The van der Waals surface area contributed by atoms with Crippen LogP contribution in [0.2, 0.25) is 0 Å². The summed E-state index contributed by atoms with van der Waals surface area (Å²) < 4.78 is 38.2. The maximum Gasteiger partial charge on any atom is 0.418 e. The topological polar surface area (TPSA) is 57.5 Å². The van der Waals surface area contributed by atoms with E-state index >= 15 is 0 Å². The van der Waals surface area contributed by atoms with Crippen LogP contribution in [0.5, 0.6) is 0 Å². The first kappa shape index (κ1) is 13.3. The first-order chi connectivity index (χ1) is 7.27. The van der Waals surface area contributed by atoms with Crippen LogP contribution >= 0.6 is 0 Å². The van der Waals surface area contributed by atoms with Gasteiger partial charge in [-0.05, 0) is 18.8 Å². The molecule has 6 heteroatoms. The summed E-state index contributed by atoms with van der Waals surface area (Å²) in [4.78, 5) is 10.4. The molecule has 0 aromatic heterocycles. The third-order valence-electron chi connectivity index (χ3n) is 3.19. The molecule has 1 atom stereocenters. The Labute approximate surface area is 91.3 Å². The largest absolute Gasteiger partial charge is 0.481 e. The van der Waals surface area contributed by atoms with Crippen molar-refractivity contribution < 1.29 is 28.2 Å². The van der Waals surface area contributed by atoms with E-state index in [1.807, 2.05) is 0 Å². The first-order valence-corrected chi connectivity index (χ1v) is 5.28. The Morgan fingerprint density at radius 2 is 1.69 bits per heavy atom. The van der Waals surface area contributed by atoms with Crippen LogP contribution in [0.15, 0.2) is 0 Å². The van der Waals surface area contributed by atoms with E-state index in [-0.39, 0.29) is 12.8 Å². The normalized spacial score (nSPS) is 22.8. The van der Waals surface area contributed by atoms with Crippen LogP contribution in [-0.4, -0.2) is 28.0 Å². The lowest BCUT2D eigenvalue weighted by molar-refractivity contribution is -0.284. The summed E-state index contributed by atoms with van der Waals surface area (Å²) in [6.07, 6.45) is -3.59. The molecule has 2 N–H and O–H groups in total. The Balaban J connectivity index is 2.88. The van der Waals surface area contributed by atoms with Gasteiger partial charge >= 0.3 is 12.1 Å². The molecule has 0 heterocycles. The number of aliphatic carboxylic acids is 1. The van der Waals surface area contributed by atoms with E-state index in [4.69, 9.17) is 5.11 Å². The molecule has 1 rings (SSSR count). The van der Waals surface area contributed by atoms with Gasteiger partial charge in [0.15, 0.2) is 5.60 Å². The highest BCUT2D eigenvalue weighted by Gasteiger charge is 2.59. The molecule has 0 aliphatic heterocycles. The minimum Gasteiger partial charge on any atom is -0.481 e. The molecule has 1 aliphatic carbocycles. The summed E-state index contributed by atoms with van der Waals surface area (Å²) in [7, 11) is 0. The van der Waals surface area contributed by atoms with Gasteiger partial charge < -0.3 is 10.2 Å². The SMILES string of the molecule is O=C(O)CC(O)(C1CCCCC1)C(F)(F)F. The quantitative estimate of drug-likeness (QED) is 0.796. The average Bonchev–Trinajstić information content (AvgIpc) is 2.16. The Bertz CT molecular complexity index is 259. The van der Waals surface area contributed by atoms with Gasteiger partial charge in [0.1, 0.15) is 0 Å². The van der Waals surface area contributed by atoms with E-state index in [0.717, 1.165) is 6.42 Å². The molecule has 0 bridgehead atoms. The van der Waals surface area contributed by atoms with Crippen LogP contribution < -0.4 is 0 Å². The molecule has 94 valence electrons. The Hall–Kier alpha value is -0.780. The molecule has 1 unspecified atom stereocenters. The summed E-state index contributed by atoms with van der Waals surface area (Å²) in [6, 6.07) is 0. The summed E-state index contributed by atoms with van der Waals surface area (Å²) in [5.41, 5.74) is -3.07. The molecular weight excluding hydrogens is 225 g/mol. The van der Waals surface area contributed by atoms with Crippen LogP contribution in [0.4, 0.5) is 13.2 Å². The van der Waals surface area contributed by atoms with Gasteiger partial charge in [0.2, 0.25) is 0 Å². The lowest BCUT2D eigenvalue weighted by atomic mass is 9.75. The number of halogens is 3. The molecule has 16 heavy (non-hydrogen) atoms. The number of hydrogen-bond acceptors (Lipinski definition) is 2. The number of carboxylic acids is 1. The summed E-state index contributed by atoms with van der Waals surface area (Å²) >= 11 is 0. The van der Waals surface area contributed by atoms with Crippen molar-refractivity contribution in [3.05, 3.63) is 0 Å². The van der Waals surface area contributed by atoms with Crippen molar-refractivity contribution in [1.29, 1.82) is 0 Å². The van der Waals surface area contributed by atoms with Crippen molar-refractivity contribution in [2.24, 2.45) is 5.92 Å².